The van der Waals surface area contributed by atoms with Crippen molar-refractivity contribution in [2.24, 2.45) is 5.92 Å². The van der Waals surface area contributed by atoms with Gasteiger partial charge in [0.05, 0.1) is 6.07 Å². The molecule has 0 saturated heterocycles. The van der Waals surface area contributed by atoms with Gasteiger partial charge in [0.1, 0.15) is 5.82 Å². The van der Waals surface area contributed by atoms with Crippen LogP contribution >= 0.6 is 11.6 Å². The Morgan fingerprint density at radius 1 is 1.22 bits per heavy atom. The Morgan fingerprint density at radius 3 is 2.57 bits per heavy atom. The number of benzene rings is 1. The third-order valence-corrected chi connectivity index (χ3v) is 3.15. The maximum atomic E-state index is 12.0. The number of nitrogens with one attached hydrogen (secondary N) is 1. The van der Waals surface area contributed by atoms with Gasteiger partial charge in [-0.05, 0) is 35.9 Å². The second kappa shape index (κ2) is 7.87. The van der Waals surface area contributed by atoms with Crippen LogP contribution in [0.25, 0.3) is 6.08 Å². The standard InChI is InChI=1S/C17H12ClN3O2/c18-13-7-4-12(5-8-13)6-9-15(22)14(11-19)17(23)21-16-3-1-2-10-20-16/h1-10,14H,(H,20,21,23). The van der Waals surface area contributed by atoms with E-state index in [9.17, 15) is 9.59 Å². The zero-order valence-electron chi connectivity index (χ0n) is 11.9. The first-order valence-electron chi connectivity index (χ1n) is 6.69. The highest BCUT2D eigenvalue weighted by atomic mass is 35.5. The largest absolute Gasteiger partial charge is 0.309 e. The fourth-order valence-electron chi connectivity index (χ4n) is 1.74. The van der Waals surface area contributed by atoms with Gasteiger partial charge in [0, 0.05) is 11.2 Å². The Kier molecular flexibility index (Phi) is 5.61. The summed E-state index contributed by atoms with van der Waals surface area (Å²) in [6.45, 7) is 0. The molecule has 1 atom stereocenters. The molecule has 2 rings (SSSR count). The molecule has 1 aromatic heterocycles. The number of hydrogen-bond donors (Lipinski definition) is 1. The van der Waals surface area contributed by atoms with E-state index in [0.29, 0.717) is 5.02 Å². The monoisotopic (exact) mass is 325 g/mol. The van der Waals surface area contributed by atoms with Gasteiger partial charge in [0.25, 0.3) is 5.91 Å². The first-order valence-corrected chi connectivity index (χ1v) is 7.07. The minimum Gasteiger partial charge on any atom is -0.309 e. The molecule has 1 aromatic carbocycles. The van der Waals surface area contributed by atoms with Crippen LogP contribution in [0.3, 0.4) is 0 Å². The van der Waals surface area contributed by atoms with Crippen molar-refractivity contribution < 1.29 is 9.59 Å². The molecule has 1 N–H and O–H groups in total. The molecule has 0 bridgehead atoms. The van der Waals surface area contributed by atoms with E-state index in [4.69, 9.17) is 16.9 Å². The number of pyridine rings is 1. The predicted octanol–water partition coefficient (Wildman–Crippen LogP) is 3.10. The van der Waals surface area contributed by atoms with Gasteiger partial charge in [-0.15, -0.1) is 0 Å². The van der Waals surface area contributed by atoms with Crippen molar-refractivity contribution in [1.82, 2.24) is 4.98 Å². The summed E-state index contributed by atoms with van der Waals surface area (Å²) in [6, 6.07) is 13.5. The summed E-state index contributed by atoms with van der Waals surface area (Å²) in [5.74, 6) is -2.46. The molecular weight excluding hydrogens is 314 g/mol. The molecule has 0 fully saturated rings. The normalized spacial score (nSPS) is 11.7. The third-order valence-electron chi connectivity index (χ3n) is 2.90. The van der Waals surface area contributed by atoms with E-state index >= 15 is 0 Å². The molecule has 1 heterocycles. The van der Waals surface area contributed by atoms with Crippen molar-refractivity contribution in [1.29, 1.82) is 5.26 Å². The maximum absolute atomic E-state index is 12.0. The lowest BCUT2D eigenvalue weighted by atomic mass is 10.0. The number of hydrogen-bond acceptors (Lipinski definition) is 4. The third kappa shape index (κ3) is 4.77. The summed E-state index contributed by atoms with van der Waals surface area (Å²) in [5, 5.41) is 12.1. The van der Waals surface area contributed by atoms with E-state index in [1.165, 1.54) is 18.3 Å². The molecular formula is C17H12ClN3O2. The number of rotatable bonds is 5. The van der Waals surface area contributed by atoms with Crippen molar-refractivity contribution in [3.63, 3.8) is 0 Å². The number of amides is 1. The average Bonchev–Trinajstić information content (AvgIpc) is 2.56. The molecule has 1 unspecified atom stereocenters. The molecule has 0 saturated carbocycles. The van der Waals surface area contributed by atoms with Crippen molar-refractivity contribution in [2.75, 3.05) is 5.32 Å². The topological polar surface area (TPSA) is 82.8 Å². The first-order chi connectivity index (χ1) is 11.1. The molecule has 0 aliphatic carbocycles. The van der Waals surface area contributed by atoms with Crippen molar-refractivity contribution >= 4 is 35.2 Å². The second-order valence-electron chi connectivity index (χ2n) is 4.55. The summed E-state index contributed by atoms with van der Waals surface area (Å²) in [6.07, 6.45) is 4.23. The van der Waals surface area contributed by atoms with E-state index in [-0.39, 0.29) is 5.82 Å². The van der Waals surface area contributed by atoms with E-state index < -0.39 is 17.6 Å². The molecule has 0 radical (unpaired) electrons. The number of carbonyl (C=O) groups excluding carboxylic acids is 2. The molecule has 0 aliphatic rings. The smallest absolute Gasteiger partial charge is 0.250 e. The number of ketones is 1. The van der Waals surface area contributed by atoms with Gasteiger partial charge in [-0.2, -0.15) is 5.26 Å². The van der Waals surface area contributed by atoms with Gasteiger partial charge < -0.3 is 5.32 Å². The lowest BCUT2D eigenvalue weighted by Gasteiger charge is -2.06. The zero-order valence-corrected chi connectivity index (χ0v) is 12.7. The summed E-state index contributed by atoms with van der Waals surface area (Å²) in [7, 11) is 0. The van der Waals surface area contributed by atoms with Crippen molar-refractivity contribution in [2.45, 2.75) is 0 Å². The summed E-state index contributed by atoms with van der Waals surface area (Å²) >= 11 is 5.77. The summed E-state index contributed by atoms with van der Waals surface area (Å²) < 4.78 is 0. The van der Waals surface area contributed by atoms with Gasteiger partial charge in [0.15, 0.2) is 11.7 Å². The van der Waals surface area contributed by atoms with Crippen LogP contribution < -0.4 is 5.32 Å². The molecule has 5 nitrogen and oxygen atoms in total. The van der Waals surface area contributed by atoms with Crippen LogP contribution in [-0.4, -0.2) is 16.7 Å². The Balaban J connectivity index is 2.05. The molecule has 23 heavy (non-hydrogen) atoms. The number of aromatic nitrogens is 1. The number of nitrogens with zero attached hydrogens (tertiary/aromatic N) is 2. The molecule has 2 aromatic rings. The molecule has 0 aliphatic heterocycles. The highest BCUT2D eigenvalue weighted by Gasteiger charge is 2.24. The SMILES string of the molecule is N#CC(C(=O)C=Cc1ccc(Cl)cc1)C(=O)Nc1ccccn1. The van der Waals surface area contributed by atoms with Crippen LogP contribution in [0.4, 0.5) is 5.82 Å². The number of allylic oxidation sites excluding steroid dienone is 1. The maximum Gasteiger partial charge on any atom is 0.250 e. The van der Waals surface area contributed by atoms with Crippen LogP contribution in [0.1, 0.15) is 5.56 Å². The van der Waals surface area contributed by atoms with Gasteiger partial charge >= 0.3 is 0 Å². The Labute approximate surface area is 138 Å². The number of carbonyl (C=O) groups is 2. The lowest BCUT2D eigenvalue weighted by Crippen LogP contribution is -2.27. The molecule has 1 amide bonds. The van der Waals surface area contributed by atoms with Gasteiger partial charge in [-0.25, -0.2) is 4.98 Å². The minimum atomic E-state index is -1.43. The fraction of sp³-hybridized carbons (Fsp3) is 0.0588. The van der Waals surface area contributed by atoms with E-state index in [2.05, 4.69) is 10.3 Å². The molecule has 6 heteroatoms. The van der Waals surface area contributed by atoms with Crippen LogP contribution in [0.15, 0.2) is 54.7 Å². The summed E-state index contributed by atoms with van der Waals surface area (Å²) in [5.41, 5.74) is 0.740. The highest BCUT2D eigenvalue weighted by Crippen LogP contribution is 2.12. The Morgan fingerprint density at radius 2 is 1.96 bits per heavy atom. The first kappa shape index (κ1) is 16.4. The van der Waals surface area contributed by atoms with Crippen LogP contribution in [0, 0.1) is 17.2 Å². The molecule has 114 valence electrons. The number of halogens is 1. The van der Waals surface area contributed by atoms with E-state index in [0.717, 1.165) is 5.56 Å². The van der Waals surface area contributed by atoms with Crippen molar-refractivity contribution in [3.05, 3.63) is 65.3 Å². The molecule has 0 spiro atoms. The highest BCUT2D eigenvalue weighted by molar-refractivity contribution is 6.30. The zero-order chi connectivity index (χ0) is 16.7. The van der Waals surface area contributed by atoms with Gasteiger partial charge in [-0.1, -0.05) is 35.9 Å². The number of anilines is 1. The summed E-state index contributed by atoms with van der Waals surface area (Å²) in [4.78, 5) is 27.9. The lowest BCUT2D eigenvalue weighted by molar-refractivity contribution is -0.126. The Bertz CT molecular complexity index is 765. The van der Waals surface area contributed by atoms with Crippen LogP contribution in [-0.2, 0) is 9.59 Å². The van der Waals surface area contributed by atoms with E-state index in [1.807, 2.05) is 0 Å². The quantitative estimate of drug-likeness (QED) is 0.676. The van der Waals surface area contributed by atoms with E-state index in [1.54, 1.807) is 48.5 Å². The van der Waals surface area contributed by atoms with Gasteiger partial charge in [-0.3, -0.25) is 9.59 Å². The minimum absolute atomic E-state index is 0.284. The predicted molar refractivity (Wildman–Crippen MR) is 87.5 cm³/mol. The average molecular weight is 326 g/mol. The van der Waals surface area contributed by atoms with Crippen LogP contribution in [0.2, 0.25) is 5.02 Å². The fourth-order valence-corrected chi connectivity index (χ4v) is 1.86. The number of nitriles is 1. The van der Waals surface area contributed by atoms with Crippen molar-refractivity contribution in [3.8, 4) is 6.07 Å². The Hall–Kier alpha value is -2.97. The van der Waals surface area contributed by atoms with Gasteiger partial charge in [0.2, 0.25) is 0 Å². The second-order valence-corrected chi connectivity index (χ2v) is 4.99. The van der Waals surface area contributed by atoms with Crippen LogP contribution in [0.5, 0.6) is 0 Å².